The van der Waals surface area contributed by atoms with Gasteiger partial charge in [-0.3, -0.25) is 4.79 Å². The summed E-state index contributed by atoms with van der Waals surface area (Å²) in [6.45, 7) is 6.42. The summed E-state index contributed by atoms with van der Waals surface area (Å²) in [6.07, 6.45) is 2.52. The second-order valence-corrected chi connectivity index (χ2v) is 6.01. The number of hydrogen-bond acceptors (Lipinski definition) is 4. The third-order valence-electron chi connectivity index (χ3n) is 3.74. The molecule has 5 nitrogen and oxygen atoms in total. The standard InChI is InChI=1S/C20H24N4O/c1-5-24(4)20-21-13-12-19(23-20)11-10-17-6-8-18(9-7-17)14-15(2)22-16(3)25/h6-9,12-13,15H,5,14H2,1-4H3,(H,22,25). The number of nitrogens with zero attached hydrogens (tertiary/aromatic N) is 3. The fourth-order valence-electron chi connectivity index (χ4n) is 2.36. The highest BCUT2D eigenvalue weighted by molar-refractivity contribution is 5.73. The Morgan fingerprint density at radius 3 is 2.60 bits per heavy atom. The van der Waals surface area contributed by atoms with Gasteiger partial charge in [0.25, 0.3) is 0 Å². The second kappa shape index (κ2) is 8.84. The molecule has 5 heteroatoms. The molecule has 25 heavy (non-hydrogen) atoms. The lowest BCUT2D eigenvalue weighted by atomic mass is 10.1. The molecule has 0 saturated carbocycles. The highest BCUT2D eigenvalue weighted by atomic mass is 16.1. The Kier molecular flexibility index (Phi) is 6.53. The monoisotopic (exact) mass is 336 g/mol. The van der Waals surface area contributed by atoms with Crippen LogP contribution in [0.5, 0.6) is 0 Å². The number of carbonyl (C=O) groups is 1. The van der Waals surface area contributed by atoms with Gasteiger partial charge in [-0.2, -0.15) is 0 Å². The van der Waals surface area contributed by atoms with Crippen LogP contribution in [0.15, 0.2) is 36.5 Å². The number of aromatic nitrogens is 2. The van der Waals surface area contributed by atoms with Gasteiger partial charge < -0.3 is 10.2 Å². The van der Waals surface area contributed by atoms with Crippen molar-refractivity contribution in [1.82, 2.24) is 15.3 Å². The van der Waals surface area contributed by atoms with Crippen molar-refractivity contribution in [1.29, 1.82) is 0 Å². The van der Waals surface area contributed by atoms with Crippen LogP contribution in [-0.2, 0) is 11.2 Å². The van der Waals surface area contributed by atoms with Gasteiger partial charge in [0, 0.05) is 38.3 Å². The van der Waals surface area contributed by atoms with Crippen molar-refractivity contribution in [2.45, 2.75) is 33.2 Å². The lowest BCUT2D eigenvalue weighted by Gasteiger charge is -2.13. The molecular weight excluding hydrogens is 312 g/mol. The molecule has 1 atom stereocenters. The summed E-state index contributed by atoms with van der Waals surface area (Å²) in [7, 11) is 1.95. The summed E-state index contributed by atoms with van der Waals surface area (Å²) < 4.78 is 0. The minimum Gasteiger partial charge on any atom is -0.354 e. The van der Waals surface area contributed by atoms with Crippen molar-refractivity contribution in [2.75, 3.05) is 18.5 Å². The minimum atomic E-state index is -0.00655. The number of anilines is 1. The van der Waals surface area contributed by atoms with Gasteiger partial charge in [0.1, 0.15) is 5.69 Å². The molecule has 0 radical (unpaired) electrons. The van der Waals surface area contributed by atoms with Crippen LogP contribution in [0.25, 0.3) is 0 Å². The lowest BCUT2D eigenvalue weighted by Crippen LogP contribution is -2.31. The summed E-state index contributed by atoms with van der Waals surface area (Å²) in [4.78, 5) is 21.7. The van der Waals surface area contributed by atoms with Crippen molar-refractivity contribution in [2.24, 2.45) is 0 Å². The summed E-state index contributed by atoms with van der Waals surface area (Å²) in [6, 6.07) is 9.98. The average Bonchev–Trinajstić information content (AvgIpc) is 2.60. The number of rotatable bonds is 5. The molecule has 1 N–H and O–H groups in total. The molecule has 0 bridgehead atoms. The zero-order valence-electron chi connectivity index (χ0n) is 15.2. The first-order chi connectivity index (χ1) is 12.0. The van der Waals surface area contributed by atoms with E-state index in [0.29, 0.717) is 11.6 Å². The summed E-state index contributed by atoms with van der Waals surface area (Å²) in [5.74, 6) is 6.88. The van der Waals surface area contributed by atoms with E-state index in [0.717, 1.165) is 18.5 Å². The highest BCUT2D eigenvalue weighted by Crippen LogP contribution is 2.07. The van der Waals surface area contributed by atoms with E-state index in [1.807, 2.05) is 49.2 Å². The lowest BCUT2D eigenvalue weighted by molar-refractivity contribution is -0.119. The molecule has 1 aromatic carbocycles. The predicted octanol–water partition coefficient (Wildman–Crippen LogP) is 2.40. The Bertz CT molecular complexity index is 774. The molecule has 1 unspecified atom stereocenters. The Morgan fingerprint density at radius 2 is 1.96 bits per heavy atom. The van der Waals surface area contributed by atoms with E-state index >= 15 is 0 Å². The molecule has 0 aliphatic heterocycles. The van der Waals surface area contributed by atoms with Crippen molar-refractivity contribution < 1.29 is 4.79 Å². The van der Waals surface area contributed by atoms with Crippen molar-refractivity contribution in [3.63, 3.8) is 0 Å². The Morgan fingerprint density at radius 1 is 1.24 bits per heavy atom. The quantitative estimate of drug-likeness (QED) is 0.852. The third-order valence-corrected chi connectivity index (χ3v) is 3.74. The van der Waals surface area contributed by atoms with Gasteiger partial charge in [-0.25, -0.2) is 9.97 Å². The molecule has 0 aliphatic rings. The van der Waals surface area contributed by atoms with Gasteiger partial charge in [-0.15, -0.1) is 0 Å². The fraction of sp³-hybridized carbons (Fsp3) is 0.350. The normalized spacial score (nSPS) is 11.2. The van der Waals surface area contributed by atoms with Crippen LogP contribution in [0.1, 0.15) is 37.6 Å². The van der Waals surface area contributed by atoms with Gasteiger partial charge in [-0.05, 0) is 50.0 Å². The van der Waals surface area contributed by atoms with E-state index in [1.54, 1.807) is 6.20 Å². The Labute approximate surface area is 149 Å². The third kappa shape index (κ3) is 5.92. The average molecular weight is 336 g/mol. The summed E-state index contributed by atoms with van der Waals surface area (Å²) in [5, 5.41) is 2.89. The topological polar surface area (TPSA) is 58.1 Å². The maximum atomic E-state index is 11.1. The van der Waals surface area contributed by atoms with E-state index in [1.165, 1.54) is 12.5 Å². The van der Waals surface area contributed by atoms with Crippen LogP contribution >= 0.6 is 0 Å². The number of nitrogens with one attached hydrogen (secondary N) is 1. The second-order valence-electron chi connectivity index (χ2n) is 6.01. The fourth-order valence-corrected chi connectivity index (χ4v) is 2.36. The van der Waals surface area contributed by atoms with Gasteiger partial charge in [0.2, 0.25) is 11.9 Å². The van der Waals surface area contributed by atoms with Crippen molar-refractivity contribution in [3.05, 3.63) is 53.3 Å². The molecule has 1 heterocycles. The molecule has 2 aromatic rings. The molecule has 1 aromatic heterocycles. The zero-order chi connectivity index (χ0) is 18.2. The van der Waals surface area contributed by atoms with E-state index < -0.39 is 0 Å². The van der Waals surface area contributed by atoms with E-state index in [4.69, 9.17) is 0 Å². The molecule has 0 aliphatic carbocycles. The molecule has 0 fully saturated rings. The molecule has 1 amide bonds. The number of hydrogen-bond donors (Lipinski definition) is 1. The zero-order valence-corrected chi connectivity index (χ0v) is 15.2. The number of benzene rings is 1. The predicted molar refractivity (Wildman–Crippen MR) is 100 cm³/mol. The number of amides is 1. The van der Waals surface area contributed by atoms with E-state index in [9.17, 15) is 4.79 Å². The maximum absolute atomic E-state index is 11.1. The SMILES string of the molecule is CCN(C)c1nccc(C#Cc2ccc(CC(C)NC(C)=O)cc2)n1. The van der Waals surface area contributed by atoms with Crippen LogP contribution in [0, 0.1) is 11.8 Å². The first-order valence-corrected chi connectivity index (χ1v) is 8.40. The van der Waals surface area contributed by atoms with Gasteiger partial charge in [0.05, 0.1) is 0 Å². The van der Waals surface area contributed by atoms with E-state index in [-0.39, 0.29) is 11.9 Å². The Balaban J connectivity index is 2.05. The molecule has 2 rings (SSSR count). The van der Waals surface area contributed by atoms with E-state index in [2.05, 4.69) is 34.0 Å². The first-order valence-electron chi connectivity index (χ1n) is 8.40. The first kappa shape index (κ1) is 18.5. The summed E-state index contributed by atoms with van der Waals surface area (Å²) >= 11 is 0. The minimum absolute atomic E-state index is 0.00655. The summed E-state index contributed by atoms with van der Waals surface area (Å²) in [5.41, 5.74) is 2.80. The molecular formula is C20H24N4O. The molecule has 0 spiro atoms. The van der Waals surface area contributed by atoms with Crippen LogP contribution in [0.2, 0.25) is 0 Å². The van der Waals surface area contributed by atoms with Gasteiger partial charge in [0.15, 0.2) is 0 Å². The van der Waals surface area contributed by atoms with Crippen molar-refractivity contribution in [3.8, 4) is 11.8 Å². The van der Waals surface area contributed by atoms with Crippen LogP contribution in [0.4, 0.5) is 5.95 Å². The van der Waals surface area contributed by atoms with Crippen LogP contribution in [-0.4, -0.2) is 35.5 Å². The Hall–Kier alpha value is -2.87. The van der Waals surface area contributed by atoms with Crippen molar-refractivity contribution >= 4 is 11.9 Å². The largest absolute Gasteiger partial charge is 0.354 e. The molecule has 0 saturated heterocycles. The maximum Gasteiger partial charge on any atom is 0.226 e. The van der Waals surface area contributed by atoms with Gasteiger partial charge in [-0.1, -0.05) is 18.1 Å². The molecule has 130 valence electrons. The smallest absolute Gasteiger partial charge is 0.226 e. The van der Waals surface area contributed by atoms with Crippen LogP contribution in [0.3, 0.4) is 0 Å². The van der Waals surface area contributed by atoms with Gasteiger partial charge >= 0.3 is 0 Å². The van der Waals surface area contributed by atoms with Crippen LogP contribution < -0.4 is 10.2 Å². The number of carbonyl (C=O) groups excluding carboxylic acids is 1. The highest BCUT2D eigenvalue weighted by Gasteiger charge is 2.04.